The minimum atomic E-state index is -2.39. The summed E-state index contributed by atoms with van der Waals surface area (Å²) in [6.45, 7) is 0. The number of hydrogen-bond donors (Lipinski definition) is 2. The van der Waals surface area contributed by atoms with E-state index >= 15 is 0 Å². The van der Waals surface area contributed by atoms with E-state index in [0.29, 0.717) is 0 Å². The summed E-state index contributed by atoms with van der Waals surface area (Å²) < 4.78 is 17.5. The fraction of sp³-hybridized carbons (Fsp3) is 0. The zero-order valence-corrected chi connectivity index (χ0v) is 5.41. The van der Waals surface area contributed by atoms with Crippen molar-refractivity contribution in [3.8, 4) is 0 Å². The van der Waals surface area contributed by atoms with Gasteiger partial charge in [0.15, 0.2) is 0 Å². The summed E-state index contributed by atoms with van der Waals surface area (Å²) in [6, 6.07) is 0. The average Bonchev–Trinajstić information content (AvgIpc) is 1.65. The van der Waals surface area contributed by atoms with Crippen LogP contribution in [0.4, 0.5) is 0 Å². The normalized spacial score (nSPS) is 9.83. The number of hydrogen-bond acceptors (Lipinski definition) is 5. The molecular formula is H3O3PS2. The minimum absolute atomic E-state index is 2.39. The van der Waals surface area contributed by atoms with E-state index in [1.165, 1.54) is 0 Å². The van der Waals surface area contributed by atoms with Crippen LogP contribution in [0.3, 0.4) is 0 Å². The molecule has 0 aliphatic heterocycles. The van der Waals surface area contributed by atoms with Crippen molar-refractivity contribution < 1.29 is 12.5 Å². The molecule has 0 radical (unpaired) electrons. The van der Waals surface area contributed by atoms with E-state index in [0.717, 1.165) is 0 Å². The molecule has 0 rings (SSSR count). The molecule has 0 amide bonds. The standard InChI is InChI=1S/H3O3PS2/c1-4(2-5)3-6/h4-6H. The Morgan fingerprint density at radius 1 is 1.33 bits per heavy atom. The van der Waals surface area contributed by atoms with E-state index in [9.17, 15) is 4.57 Å². The Hall–Kier alpha value is 0.850. The molecule has 0 atom stereocenters. The molecular weight excluding hydrogens is 143 g/mol. The van der Waals surface area contributed by atoms with Crippen molar-refractivity contribution in [1.29, 1.82) is 0 Å². The highest BCUT2D eigenvalue weighted by molar-refractivity contribution is 7.82. The highest BCUT2D eigenvalue weighted by atomic mass is 32.1. The summed E-state index contributed by atoms with van der Waals surface area (Å²) >= 11 is 6.31. The Balaban J connectivity index is 2.99. The van der Waals surface area contributed by atoms with Crippen molar-refractivity contribution in [2.45, 2.75) is 0 Å². The second-order valence-electron chi connectivity index (χ2n) is 0.433. The van der Waals surface area contributed by atoms with E-state index < -0.39 is 8.25 Å². The van der Waals surface area contributed by atoms with Crippen LogP contribution in [0, 0.1) is 0 Å². The van der Waals surface area contributed by atoms with E-state index in [2.05, 4.69) is 33.8 Å². The Morgan fingerprint density at radius 3 is 1.67 bits per heavy atom. The fourth-order valence-corrected chi connectivity index (χ4v) is 0.450. The summed E-state index contributed by atoms with van der Waals surface area (Å²) in [4.78, 5) is 0. The molecule has 0 aliphatic carbocycles. The molecule has 0 aromatic rings. The van der Waals surface area contributed by atoms with E-state index in [1.54, 1.807) is 0 Å². The lowest BCUT2D eigenvalue weighted by molar-refractivity contribution is 0.468. The van der Waals surface area contributed by atoms with Crippen LogP contribution in [-0.2, 0) is 12.5 Å². The lowest BCUT2D eigenvalue weighted by Gasteiger charge is -1.85. The Kier molecular flexibility index (Phi) is 4.59. The van der Waals surface area contributed by atoms with Crippen LogP contribution in [0.15, 0.2) is 0 Å². The molecule has 0 heterocycles. The largest absolute Gasteiger partial charge is 0.340 e. The molecule has 38 valence electrons. The van der Waals surface area contributed by atoms with E-state index in [-0.39, 0.29) is 0 Å². The lowest BCUT2D eigenvalue weighted by Crippen LogP contribution is -1.52. The molecule has 0 aliphatic rings. The molecule has 0 unspecified atom stereocenters. The Labute approximate surface area is 47.2 Å². The third-order valence-electron chi connectivity index (χ3n) is 0.149. The van der Waals surface area contributed by atoms with Crippen molar-refractivity contribution >= 4 is 34.1 Å². The SMILES string of the molecule is O=[PH](OS)OS. The maximum absolute atomic E-state index is 9.77. The quantitative estimate of drug-likeness (QED) is 0.348. The lowest BCUT2D eigenvalue weighted by atomic mass is 15.8. The van der Waals surface area contributed by atoms with Crippen molar-refractivity contribution in [2.75, 3.05) is 0 Å². The Bertz CT molecular complexity index is 46.8. The topological polar surface area (TPSA) is 35.5 Å². The third kappa shape index (κ3) is 3.06. The Morgan fingerprint density at radius 2 is 1.67 bits per heavy atom. The van der Waals surface area contributed by atoms with Gasteiger partial charge in [-0.1, -0.05) is 0 Å². The second kappa shape index (κ2) is 4.02. The van der Waals surface area contributed by atoms with Crippen LogP contribution in [0.1, 0.15) is 0 Å². The van der Waals surface area contributed by atoms with Gasteiger partial charge in [0.1, 0.15) is 0 Å². The van der Waals surface area contributed by atoms with Gasteiger partial charge >= 0.3 is 8.25 Å². The number of thiol groups is 2. The molecule has 6 heavy (non-hydrogen) atoms. The average molecular weight is 146 g/mol. The molecule has 0 saturated carbocycles. The van der Waals surface area contributed by atoms with E-state index in [1.807, 2.05) is 0 Å². The van der Waals surface area contributed by atoms with Gasteiger partial charge in [-0.2, -0.15) is 0 Å². The minimum Gasteiger partial charge on any atom is -0.261 e. The second-order valence-corrected chi connectivity index (χ2v) is 2.39. The van der Waals surface area contributed by atoms with Crippen LogP contribution in [-0.4, -0.2) is 0 Å². The van der Waals surface area contributed by atoms with Crippen LogP contribution < -0.4 is 0 Å². The molecule has 0 aromatic heterocycles. The van der Waals surface area contributed by atoms with Crippen molar-refractivity contribution in [3.05, 3.63) is 0 Å². The highest BCUT2D eigenvalue weighted by Crippen LogP contribution is 2.25. The summed E-state index contributed by atoms with van der Waals surface area (Å²) in [6.07, 6.45) is 0. The molecule has 0 bridgehead atoms. The molecule has 0 fully saturated rings. The highest BCUT2D eigenvalue weighted by Gasteiger charge is 1.86. The fourth-order valence-electron chi connectivity index (χ4n) is 0.0167. The summed E-state index contributed by atoms with van der Waals surface area (Å²) in [5.74, 6) is 0. The summed E-state index contributed by atoms with van der Waals surface area (Å²) in [5.41, 5.74) is 0. The number of rotatable bonds is 2. The molecule has 0 N–H and O–H groups in total. The first-order valence-corrected chi connectivity index (χ1v) is 2.93. The first-order chi connectivity index (χ1) is 2.81. The van der Waals surface area contributed by atoms with Crippen LogP contribution >= 0.6 is 34.1 Å². The molecule has 0 aromatic carbocycles. The van der Waals surface area contributed by atoms with Crippen LogP contribution in [0.25, 0.3) is 0 Å². The summed E-state index contributed by atoms with van der Waals surface area (Å²) in [5, 5.41) is 0. The smallest absolute Gasteiger partial charge is 0.261 e. The van der Waals surface area contributed by atoms with Gasteiger partial charge in [0.2, 0.25) is 0 Å². The van der Waals surface area contributed by atoms with Crippen LogP contribution in [0.2, 0.25) is 0 Å². The predicted molar refractivity (Wildman–Crippen MR) is 29.1 cm³/mol. The van der Waals surface area contributed by atoms with Gasteiger partial charge in [-0.05, 0) is 25.8 Å². The van der Waals surface area contributed by atoms with E-state index in [4.69, 9.17) is 0 Å². The zero-order valence-electron chi connectivity index (χ0n) is 2.62. The first kappa shape index (κ1) is 6.85. The summed E-state index contributed by atoms with van der Waals surface area (Å²) in [7, 11) is -2.39. The zero-order chi connectivity index (χ0) is 4.99. The molecule has 0 saturated heterocycles. The maximum Gasteiger partial charge on any atom is 0.340 e. The van der Waals surface area contributed by atoms with Gasteiger partial charge in [0, 0.05) is 0 Å². The van der Waals surface area contributed by atoms with Crippen LogP contribution in [0.5, 0.6) is 0 Å². The van der Waals surface area contributed by atoms with Crippen molar-refractivity contribution in [1.82, 2.24) is 0 Å². The molecule has 6 heteroatoms. The predicted octanol–water partition coefficient (Wildman–Crippen LogP) is 1.10. The van der Waals surface area contributed by atoms with Gasteiger partial charge < -0.3 is 0 Å². The van der Waals surface area contributed by atoms with Crippen molar-refractivity contribution in [2.24, 2.45) is 0 Å². The molecule has 3 nitrogen and oxygen atoms in total. The maximum atomic E-state index is 9.77. The van der Waals surface area contributed by atoms with Gasteiger partial charge in [0.05, 0.1) is 0 Å². The third-order valence-corrected chi connectivity index (χ3v) is 1.34. The van der Waals surface area contributed by atoms with Gasteiger partial charge in [0.25, 0.3) is 0 Å². The monoisotopic (exact) mass is 146 g/mol. The van der Waals surface area contributed by atoms with Gasteiger partial charge in [-0.25, -0.2) is 7.94 Å². The molecule has 0 spiro atoms. The van der Waals surface area contributed by atoms with Gasteiger partial charge in [-0.3, -0.25) is 4.57 Å². The van der Waals surface area contributed by atoms with Crippen molar-refractivity contribution in [3.63, 3.8) is 0 Å². The van der Waals surface area contributed by atoms with Gasteiger partial charge in [-0.15, -0.1) is 0 Å². The first-order valence-electron chi connectivity index (χ1n) is 0.978.